The van der Waals surface area contributed by atoms with Gasteiger partial charge in [0.05, 0.1) is 26.7 Å². The number of amides is 1. The van der Waals surface area contributed by atoms with Gasteiger partial charge < -0.3 is 14.7 Å². The van der Waals surface area contributed by atoms with Crippen molar-refractivity contribution < 1.29 is 4.79 Å². The van der Waals surface area contributed by atoms with Crippen molar-refractivity contribution in [1.82, 2.24) is 19.7 Å². The lowest BCUT2D eigenvalue weighted by Gasteiger charge is -2.39. The third kappa shape index (κ3) is 3.30. The number of hydrogen-bond donors (Lipinski definition) is 0. The largest absolute Gasteiger partial charge is 0.368 e. The second kappa shape index (κ2) is 7.11. The lowest BCUT2D eigenvalue weighted by atomic mass is 10.1. The first-order valence-corrected chi connectivity index (χ1v) is 11.5. The normalized spacial score (nSPS) is 23.9. The Labute approximate surface area is 170 Å². The first kappa shape index (κ1) is 18.0. The molecule has 5 nitrogen and oxygen atoms in total. The van der Waals surface area contributed by atoms with Crippen LogP contribution in [0.1, 0.15) is 10.6 Å². The molecule has 1 fully saturated rings. The number of nitrogens with zero attached hydrogens (tertiary/aromatic N) is 4. The minimum Gasteiger partial charge on any atom is -0.368 e. The van der Waals surface area contributed by atoms with Crippen LogP contribution in [-0.4, -0.2) is 64.6 Å². The number of aryl methyl sites for hydroxylation is 1. The number of hydrogen-bond acceptors (Lipinski definition) is 5. The van der Waals surface area contributed by atoms with E-state index in [0.717, 1.165) is 53.3 Å². The fraction of sp³-hybridized carbons (Fsp3) is 0.333. The van der Waals surface area contributed by atoms with Gasteiger partial charge in [0.15, 0.2) is 0 Å². The molecule has 0 spiro atoms. The molecule has 1 aromatic carbocycles. The predicted molar refractivity (Wildman–Crippen MR) is 118 cm³/mol. The summed E-state index contributed by atoms with van der Waals surface area (Å²) in [5.74, 6) is 0.195. The van der Waals surface area contributed by atoms with Crippen LogP contribution in [0.15, 0.2) is 48.3 Å². The van der Waals surface area contributed by atoms with Gasteiger partial charge in [-0.25, -0.2) is 4.98 Å². The van der Waals surface area contributed by atoms with E-state index >= 15 is 0 Å². The Morgan fingerprint density at radius 1 is 1.21 bits per heavy atom. The summed E-state index contributed by atoms with van der Waals surface area (Å²) in [6.45, 7) is 6.18. The van der Waals surface area contributed by atoms with Crippen LogP contribution in [0.3, 0.4) is 0 Å². The molecule has 2 unspecified atom stereocenters. The third-order valence-corrected chi connectivity index (χ3v) is 7.98. The average molecular weight is 410 g/mol. The van der Waals surface area contributed by atoms with E-state index in [2.05, 4.69) is 52.2 Å². The summed E-state index contributed by atoms with van der Waals surface area (Å²) < 4.78 is 1.20. The van der Waals surface area contributed by atoms with E-state index in [1.165, 1.54) is 4.70 Å². The van der Waals surface area contributed by atoms with Crippen LogP contribution in [0.25, 0.3) is 15.5 Å². The molecule has 0 N–H and O–H groups in total. The van der Waals surface area contributed by atoms with Crippen LogP contribution in [0, 0.1) is 6.92 Å². The van der Waals surface area contributed by atoms with Crippen molar-refractivity contribution in [2.45, 2.75) is 12.7 Å². The monoisotopic (exact) mass is 410 g/mol. The van der Waals surface area contributed by atoms with Gasteiger partial charge in [-0.05, 0) is 43.1 Å². The molecular weight excluding hydrogens is 387 g/mol. The summed E-state index contributed by atoms with van der Waals surface area (Å²) >= 11 is 1.71. The highest BCUT2D eigenvalue weighted by Crippen LogP contribution is 2.45. The summed E-state index contributed by atoms with van der Waals surface area (Å²) in [6, 6.07) is 6.37. The van der Waals surface area contributed by atoms with E-state index in [4.69, 9.17) is 0 Å². The van der Waals surface area contributed by atoms with Crippen LogP contribution in [-0.2, 0) is 4.79 Å². The molecule has 144 valence electrons. The van der Waals surface area contributed by atoms with E-state index in [0.29, 0.717) is 8.58 Å². The maximum absolute atomic E-state index is 12.9. The second-order valence-corrected chi connectivity index (χ2v) is 10.2. The fourth-order valence-electron chi connectivity index (χ4n) is 3.89. The number of carbonyl (C=O) groups excluding carboxylic acids is 1. The highest BCUT2D eigenvalue weighted by atomic mass is 32.1. The Kier molecular flexibility index (Phi) is 4.58. The van der Waals surface area contributed by atoms with Crippen LogP contribution < -0.4 is 0 Å². The SMILES string of the molecule is Cc1nc2cc(C3=CC(=O)N4C=C(N5CCN(C)CC5)C=CC4P3)ccc2s1. The van der Waals surface area contributed by atoms with Crippen LogP contribution in [0.5, 0.6) is 0 Å². The summed E-state index contributed by atoms with van der Waals surface area (Å²) in [6.07, 6.45) is 8.25. The number of likely N-dealkylation sites (N-methyl/N-ethyl adjacent to an activating group) is 1. The summed E-state index contributed by atoms with van der Waals surface area (Å²) in [7, 11) is 2.70. The Hall–Kier alpha value is -2.01. The average Bonchev–Trinajstić information content (AvgIpc) is 3.07. The van der Waals surface area contributed by atoms with Crippen LogP contribution in [0.4, 0.5) is 0 Å². The lowest BCUT2D eigenvalue weighted by Crippen LogP contribution is -2.45. The molecule has 0 aliphatic carbocycles. The third-order valence-electron chi connectivity index (χ3n) is 5.52. The van der Waals surface area contributed by atoms with Gasteiger partial charge in [-0.1, -0.05) is 20.7 Å². The zero-order valence-electron chi connectivity index (χ0n) is 16.1. The fourth-order valence-corrected chi connectivity index (χ4v) is 6.08. The molecule has 1 amide bonds. The van der Waals surface area contributed by atoms with Gasteiger partial charge in [-0.2, -0.15) is 0 Å². The van der Waals surface area contributed by atoms with E-state index in [9.17, 15) is 4.79 Å². The molecule has 0 bridgehead atoms. The molecule has 5 rings (SSSR count). The Balaban J connectivity index is 1.40. The molecule has 2 atom stereocenters. The first-order chi connectivity index (χ1) is 13.6. The quantitative estimate of drug-likeness (QED) is 0.711. The van der Waals surface area contributed by atoms with Gasteiger partial charge in [0.25, 0.3) is 5.91 Å². The number of benzene rings is 1. The van der Waals surface area contributed by atoms with Crippen molar-refractivity contribution in [3.8, 4) is 0 Å². The van der Waals surface area contributed by atoms with Gasteiger partial charge in [0.2, 0.25) is 0 Å². The highest BCUT2D eigenvalue weighted by molar-refractivity contribution is 7.51. The molecule has 4 heterocycles. The number of allylic oxidation sites excluding steroid dienone is 1. The van der Waals surface area contributed by atoms with Gasteiger partial charge in [0.1, 0.15) is 0 Å². The zero-order valence-corrected chi connectivity index (χ0v) is 17.9. The van der Waals surface area contributed by atoms with Crippen molar-refractivity contribution in [3.05, 3.63) is 58.9 Å². The van der Waals surface area contributed by atoms with Crippen molar-refractivity contribution in [2.75, 3.05) is 33.2 Å². The molecule has 3 aliphatic rings. The molecule has 2 aromatic rings. The first-order valence-electron chi connectivity index (χ1n) is 9.58. The van der Waals surface area contributed by atoms with Crippen LogP contribution >= 0.6 is 19.9 Å². The Bertz CT molecular complexity index is 1030. The molecule has 28 heavy (non-hydrogen) atoms. The number of rotatable bonds is 2. The molecule has 0 radical (unpaired) electrons. The van der Waals surface area contributed by atoms with Crippen molar-refractivity contribution >= 4 is 41.4 Å². The topological polar surface area (TPSA) is 39.7 Å². The van der Waals surface area contributed by atoms with Crippen LogP contribution in [0.2, 0.25) is 0 Å². The summed E-state index contributed by atoms with van der Waals surface area (Å²) in [5, 5.41) is 2.20. The second-order valence-electron chi connectivity index (χ2n) is 7.51. The van der Waals surface area contributed by atoms with E-state index in [-0.39, 0.29) is 11.7 Å². The Morgan fingerprint density at radius 2 is 2.04 bits per heavy atom. The molecule has 1 aromatic heterocycles. The van der Waals surface area contributed by atoms with E-state index in [1.54, 1.807) is 11.3 Å². The molecule has 3 aliphatic heterocycles. The van der Waals surface area contributed by atoms with Gasteiger partial charge >= 0.3 is 0 Å². The van der Waals surface area contributed by atoms with Crippen molar-refractivity contribution in [1.29, 1.82) is 0 Å². The standard InChI is InChI=1S/C21H23N4OPS/c1-14-22-17-11-15(3-5-19(17)28-14)18-12-20(26)25-13-16(4-6-21(25)27-18)24-9-7-23(2)8-10-24/h3-6,11-13,21,27H,7-10H2,1-2H3. The molecular formula is C21H23N4OPS. The van der Waals surface area contributed by atoms with E-state index < -0.39 is 0 Å². The minimum atomic E-state index is 0.0734. The maximum Gasteiger partial charge on any atom is 0.252 e. The lowest BCUT2D eigenvalue weighted by molar-refractivity contribution is -0.123. The maximum atomic E-state index is 12.9. The number of carbonyl (C=O) groups is 1. The number of piperazine rings is 1. The van der Waals surface area contributed by atoms with Crippen molar-refractivity contribution in [3.63, 3.8) is 0 Å². The molecule has 0 saturated carbocycles. The predicted octanol–water partition coefficient (Wildman–Crippen LogP) is 3.45. The summed E-state index contributed by atoms with van der Waals surface area (Å²) in [4.78, 5) is 24.1. The van der Waals surface area contributed by atoms with E-state index in [1.807, 2.05) is 24.1 Å². The zero-order chi connectivity index (χ0) is 19.3. The highest BCUT2D eigenvalue weighted by Gasteiger charge is 2.30. The van der Waals surface area contributed by atoms with Gasteiger partial charge in [0, 0.05) is 38.5 Å². The number of thiazole rings is 1. The minimum absolute atomic E-state index is 0.0734. The number of aromatic nitrogens is 1. The summed E-state index contributed by atoms with van der Waals surface area (Å²) in [5.41, 5.74) is 3.29. The number of fused-ring (bicyclic) bond motifs is 2. The smallest absolute Gasteiger partial charge is 0.252 e. The van der Waals surface area contributed by atoms with Gasteiger partial charge in [-0.3, -0.25) is 4.79 Å². The molecule has 1 saturated heterocycles. The molecule has 7 heteroatoms. The Morgan fingerprint density at radius 3 is 2.86 bits per heavy atom. The van der Waals surface area contributed by atoms with Gasteiger partial charge in [-0.15, -0.1) is 11.3 Å². The van der Waals surface area contributed by atoms with Crippen molar-refractivity contribution in [2.24, 2.45) is 0 Å².